The maximum absolute atomic E-state index is 14.5. The molecule has 7 nitrogen and oxygen atoms in total. The predicted molar refractivity (Wildman–Crippen MR) is 123 cm³/mol. The van der Waals surface area contributed by atoms with E-state index < -0.39 is 11.4 Å². The molecule has 164 valence electrons. The predicted octanol–water partition coefficient (Wildman–Crippen LogP) is 3.10. The molecule has 0 aliphatic carbocycles. The average molecular weight is 433 g/mol. The summed E-state index contributed by atoms with van der Waals surface area (Å²) in [7, 11) is 3.47. The monoisotopic (exact) mass is 433 g/mol. The third kappa shape index (κ3) is 4.04. The van der Waals surface area contributed by atoms with E-state index in [9.17, 15) is 9.18 Å². The lowest BCUT2D eigenvalue weighted by molar-refractivity contribution is 0.370. The zero-order valence-corrected chi connectivity index (χ0v) is 17.9. The van der Waals surface area contributed by atoms with Gasteiger partial charge in [0.15, 0.2) is 5.82 Å². The van der Waals surface area contributed by atoms with Crippen LogP contribution >= 0.6 is 0 Å². The normalized spacial score (nSPS) is 14.2. The Morgan fingerprint density at radius 3 is 2.62 bits per heavy atom. The van der Waals surface area contributed by atoms with E-state index in [1.165, 1.54) is 30.9 Å². The van der Waals surface area contributed by atoms with Crippen molar-refractivity contribution in [1.29, 1.82) is 5.41 Å². The molecule has 0 fully saturated rings. The Balaban J connectivity index is 1.71. The van der Waals surface area contributed by atoms with Crippen LogP contribution in [0.1, 0.15) is 23.2 Å². The quantitative estimate of drug-likeness (QED) is 0.603. The summed E-state index contributed by atoms with van der Waals surface area (Å²) in [5, 5.41) is 12.9. The molecule has 2 heterocycles. The number of nitrogens with two attached hydrogens (primary N) is 1. The Kier molecular flexibility index (Phi) is 5.87. The van der Waals surface area contributed by atoms with Crippen LogP contribution in [0.2, 0.25) is 0 Å². The van der Waals surface area contributed by atoms with E-state index in [2.05, 4.69) is 23.1 Å². The number of para-hydroxylation sites is 1. The molecular formula is C24H24FN5O2. The highest BCUT2D eigenvalue weighted by Crippen LogP contribution is 2.26. The van der Waals surface area contributed by atoms with Gasteiger partial charge >= 0.3 is 0 Å². The highest BCUT2D eigenvalue weighted by molar-refractivity contribution is 6.12. The Hall–Kier alpha value is -3.78. The van der Waals surface area contributed by atoms with Crippen LogP contribution in [0.3, 0.4) is 0 Å². The minimum Gasteiger partial charge on any atom is -0.494 e. The number of halogens is 1. The van der Waals surface area contributed by atoms with Crippen LogP contribution < -0.4 is 16.0 Å². The SMILES string of the molecule is COc1cccc(F)c1-n1nc(C(=N)c2ccc(C3=CCN(C)CC3)cc2)c(N)cc1=O. The van der Waals surface area contributed by atoms with Crippen molar-refractivity contribution >= 4 is 17.0 Å². The summed E-state index contributed by atoms with van der Waals surface area (Å²) in [6, 6.07) is 13.0. The molecule has 3 aromatic rings. The van der Waals surface area contributed by atoms with E-state index in [1.807, 2.05) is 24.3 Å². The number of methoxy groups -OCH3 is 1. The molecule has 0 saturated carbocycles. The zero-order chi connectivity index (χ0) is 22.8. The molecule has 8 heteroatoms. The highest BCUT2D eigenvalue weighted by Gasteiger charge is 2.19. The van der Waals surface area contributed by atoms with Crippen LogP contribution in [0.5, 0.6) is 5.75 Å². The number of nitrogens with zero attached hydrogens (tertiary/aromatic N) is 3. The number of ether oxygens (including phenoxy) is 1. The van der Waals surface area contributed by atoms with Crippen LogP contribution in [-0.2, 0) is 0 Å². The Morgan fingerprint density at radius 2 is 1.97 bits per heavy atom. The van der Waals surface area contributed by atoms with E-state index in [0.717, 1.165) is 35.8 Å². The number of nitrogen functional groups attached to an aromatic ring is 1. The molecule has 1 aliphatic rings. The van der Waals surface area contributed by atoms with Crippen molar-refractivity contribution in [2.24, 2.45) is 0 Å². The van der Waals surface area contributed by atoms with Crippen LogP contribution in [0, 0.1) is 11.2 Å². The number of likely N-dealkylation sites (N-methyl/N-ethyl adjacent to an activating group) is 1. The second kappa shape index (κ2) is 8.76. The highest BCUT2D eigenvalue weighted by atomic mass is 19.1. The van der Waals surface area contributed by atoms with E-state index in [0.29, 0.717) is 5.56 Å². The topological polar surface area (TPSA) is 97.2 Å². The molecule has 0 bridgehead atoms. The lowest BCUT2D eigenvalue weighted by atomic mass is 9.97. The average Bonchev–Trinajstić information content (AvgIpc) is 2.80. The number of hydrogen-bond acceptors (Lipinski definition) is 6. The summed E-state index contributed by atoms with van der Waals surface area (Å²) >= 11 is 0. The summed E-state index contributed by atoms with van der Waals surface area (Å²) in [5.74, 6) is -0.519. The second-order valence-corrected chi connectivity index (χ2v) is 7.68. The van der Waals surface area contributed by atoms with Gasteiger partial charge in [0.05, 0.1) is 18.5 Å². The van der Waals surface area contributed by atoms with Crippen LogP contribution in [0.15, 0.2) is 59.4 Å². The van der Waals surface area contributed by atoms with Gasteiger partial charge in [0.2, 0.25) is 0 Å². The lowest BCUT2D eigenvalue weighted by Gasteiger charge is -2.22. The largest absolute Gasteiger partial charge is 0.494 e. The lowest BCUT2D eigenvalue weighted by Crippen LogP contribution is -2.26. The Bertz CT molecular complexity index is 1260. The Labute approximate surface area is 185 Å². The maximum Gasteiger partial charge on any atom is 0.273 e. The molecule has 0 radical (unpaired) electrons. The van der Waals surface area contributed by atoms with Gasteiger partial charge < -0.3 is 15.4 Å². The summed E-state index contributed by atoms with van der Waals surface area (Å²) in [6.07, 6.45) is 3.18. The van der Waals surface area contributed by atoms with E-state index in [4.69, 9.17) is 15.9 Å². The molecule has 3 N–H and O–H groups in total. The Morgan fingerprint density at radius 1 is 1.22 bits per heavy atom. The van der Waals surface area contributed by atoms with E-state index in [1.54, 1.807) is 0 Å². The van der Waals surface area contributed by atoms with Gasteiger partial charge in [-0.15, -0.1) is 0 Å². The van der Waals surface area contributed by atoms with Gasteiger partial charge in [-0.2, -0.15) is 9.78 Å². The van der Waals surface area contributed by atoms with Gasteiger partial charge in [-0.1, -0.05) is 36.4 Å². The third-order valence-electron chi connectivity index (χ3n) is 5.54. The molecular weight excluding hydrogens is 409 g/mol. The number of aromatic nitrogens is 2. The number of nitrogens with one attached hydrogen (secondary N) is 1. The molecule has 2 aromatic carbocycles. The van der Waals surface area contributed by atoms with Crippen molar-refractivity contribution in [2.75, 3.05) is 33.0 Å². The van der Waals surface area contributed by atoms with Gasteiger partial charge in [0, 0.05) is 24.7 Å². The number of hydrogen-bond donors (Lipinski definition) is 2. The van der Waals surface area contributed by atoms with Crippen molar-refractivity contribution in [3.63, 3.8) is 0 Å². The zero-order valence-electron chi connectivity index (χ0n) is 17.9. The van der Waals surface area contributed by atoms with Crippen molar-refractivity contribution in [3.05, 3.63) is 87.6 Å². The first-order valence-electron chi connectivity index (χ1n) is 10.2. The fourth-order valence-electron chi connectivity index (χ4n) is 3.71. The van der Waals surface area contributed by atoms with Gasteiger partial charge in [0.1, 0.15) is 17.1 Å². The summed E-state index contributed by atoms with van der Waals surface area (Å²) < 4.78 is 20.6. The van der Waals surface area contributed by atoms with E-state index >= 15 is 0 Å². The molecule has 0 atom stereocenters. The minimum atomic E-state index is -0.669. The van der Waals surface area contributed by atoms with Gasteiger partial charge in [-0.05, 0) is 36.7 Å². The van der Waals surface area contributed by atoms with E-state index in [-0.39, 0.29) is 28.5 Å². The molecule has 1 aromatic heterocycles. The molecule has 0 unspecified atom stereocenters. The van der Waals surface area contributed by atoms with Gasteiger partial charge in [-0.25, -0.2) is 4.39 Å². The third-order valence-corrected chi connectivity index (χ3v) is 5.54. The van der Waals surface area contributed by atoms with Crippen LogP contribution in [-0.4, -0.2) is 47.6 Å². The second-order valence-electron chi connectivity index (χ2n) is 7.68. The molecule has 4 rings (SSSR count). The van der Waals surface area contributed by atoms with Crippen molar-refractivity contribution < 1.29 is 9.13 Å². The molecule has 1 aliphatic heterocycles. The summed E-state index contributed by atoms with van der Waals surface area (Å²) in [4.78, 5) is 14.8. The molecule has 0 saturated heterocycles. The van der Waals surface area contributed by atoms with Crippen molar-refractivity contribution in [2.45, 2.75) is 6.42 Å². The number of benzene rings is 2. The van der Waals surface area contributed by atoms with Crippen LogP contribution in [0.4, 0.5) is 10.1 Å². The number of rotatable bonds is 5. The summed E-state index contributed by atoms with van der Waals surface area (Å²) in [5.41, 5.74) is 8.42. The first-order valence-corrected chi connectivity index (χ1v) is 10.2. The standard InChI is InChI=1S/C24H24FN5O2/c1-29-12-10-16(11-13-29)15-6-8-17(9-7-15)22(27)23-19(26)14-21(31)30(28-23)24-18(25)4-3-5-20(24)32-2/h3-10,14,27H,11-13,26H2,1-2H3. The fraction of sp³-hybridized carbons (Fsp3) is 0.208. The molecule has 32 heavy (non-hydrogen) atoms. The minimum absolute atomic E-state index is 0.0375. The van der Waals surface area contributed by atoms with Crippen LogP contribution in [0.25, 0.3) is 11.3 Å². The summed E-state index contributed by atoms with van der Waals surface area (Å²) in [6.45, 7) is 1.92. The molecule has 0 spiro atoms. The van der Waals surface area contributed by atoms with Crippen molar-refractivity contribution in [1.82, 2.24) is 14.7 Å². The van der Waals surface area contributed by atoms with Crippen molar-refractivity contribution in [3.8, 4) is 11.4 Å². The first kappa shape index (κ1) is 21.5. The number of anilines is 1. The first-order chi connectivity index (χ1) is 15.4. The van der Waals surface area contributed by atoms with Gasteiger partial charge in [0.25, 0.3) is 5.56 Å². The smallest absolute Gasteiger partial charge is 0.273 e. The molecule has 0 amide bonds. The maximum atomic E-state index is 14.5. The fourth-order valence-corrected chi connectivity index (χ4v) is 3.71. The van der Waals surface area contributed by atoms with Gasteiger partial charge in [-0.3, -0.25) is 10.2 Å².